The largest absolute Gasteiger partial charge is 0.374 e. The number of aryl methyl sites for hydroxylation is 2. The van der Waals surface area contributed by atoms with Gasteiger partial charge in [-0.2, -0.15) is 0 Å². The Morgan fingerprint density at radius 3 is 2.45 bits per heavy atom. The molecule has 1 aliphatic rings. The first kappa shape index (κ1) is 15.4. The Kier molecular flexibility index (Phi) is 5.09. The Morgan fingerprint density at radius 2 is 1.85 bits per heavy atom. The number of rotatable bonds is 5. The highest BCUT2D eigenvalue weighted by molar-refractivity contribution is 5.53. The van der Waals surface area contributed by atoms with Crippen LogP contribution in [0.2, 0.25) is 0 Å². The summed E-state index contributed by atoms with van der Waals surface area (Å²) in [5, 5.41) is 3.62. The van der Waals surface area contributed by atoms with E-state index < -0.39 is 0 Å². The maximum Gasteiger partial charge on any atom is 0.0393 e. The Bertz CT molecular complexity index is 433. The predicted molar refractivity (Wildman–Crippen MR) is 88.7 cm³/mol. The Balaban J connectivity index is 1.98. The highest BCUT2D eigenvalue weighted by Gasteiger charge is 2.30. The maximum atomic E-state index is 3.62. The minimum absolute atomic E-state index is 0.380. The van der Waals surface area contributed by atoms with Crippen molar-refractivity contribution in [2.45, 2.75) is 57.9 Å². The third kappa shape index (κ3) is 3.54. The lowest BCUT2D eigenvalue weighted by atomic mass is 9.79. The molecular weight excluding hydrogens is 244 g/mol. The predicted octanol–water partition coefficient (Wildman–Crippen LogP) is 4.05. The van der Waals surface area contributed by atoms with E-state index in [4.69, 9.17) is 0 Å². The first-order valence-electron chi connectivity index (χ1n) is 8.04. The molecule has 1 fully saturated rings. The monoisotopic (exact) mass is 274 g/mol. The minimum Gasteiger partial charge on any atom is -0.374 e. The summed E-state index contributed by atoms with van der Waals surface area (Å²) < 4.78 is 0. The van der Waals surface area contributed by atoms with E-state index in [2.05, 4.69) is 56.4 Å². The van der Waals surface area contributed by atoms with E-state index in [0.29, 0.717) is 5.54 Å². The molecule has 0 aliphatic heterocycles. The molecule has 0 aromatic heterocycles. The fourth-order valence-electron chi connectivity index (χ4n) is 3.59. The van der Waals surface area contributed by atoms with Crippen molar-refractivity contribution in [1.29, 1.82) is 0 Å². The van der Waals surface area contributed by atoms with Crippen LogP contribution in [-0.4, -0.2) is 26.2 Å². The number of hydrogen-bond acceptors (Lipinski definition) is 2. The molecule has 112 valence electrons. The summed E-state index contributed by atoms with van der Waals surface area (Å²) in [5.41, 5.74) is 4.48. The van der Waals surface area contributed by atoms with Crippen LogP contribution in [0.3, 0.4) is 0 Å². The number of hydrogen-bond donors (Lipinski definition) is 1. The van der Waals surface area contributed by atoms with Gasteiger partial charge in [0.25, 0.3) is 0 Å². The van der Waals surface area contributed by atoms with Gasteiger partial charge in [-0.1, -0.05) is 37.0 Å². The van der Waals surface area contributed by atoms with Gasteiger partial charge in [0.05, 0.1) is 0 Å². The molecule has 1 N–H and O–H groups in total. The Hall–Kier alpha value is -1.02. The topological polar surface area (TPSA) is 15.3 Å². The lowest BCUT2D eigenvalue weighted by Crippen LogP contribution is -2.46. The van der Waals surface area contributed by atoms with E-state index in [1.165, 1.54) is 55.3 Å². The average molecular weight is 274 g/mol. The highest BCUT2D eigenvalue weighted by atomic mass is 15.1. The summed E-state index contributed by atoms with van der Waals surface area (Å²) in [6.07, 6.45) is 8.10. The van der Waals surface area contributed by atoms with Gasteiger partial charge in [-0.05, 0) is 51.8 Å². The van der Waals surface area contributed by atoms with Crippen molar-refractivity contribution in [3.8, 4) is 0 Å². The van der Waals surface area contributed by atoms with E-state index >= 15 is 0 Å². The Morgan fingerprint density at radius 1 is 1.15 bits per heavy atom. The van der Waals surface area contributed by atoms with Crippen LogP contribution in [-0.2, 0) is 0 Å². The zero-order chi connectivity index (χ0) is 14.6. The number of anilines is 1. The second-order valence-electron chi connectivity index (χ2n) is 6.55. The second-order valence-corrected chi connectivity index (χ2v) is 6.55. The van der Waals surface area contributed by atoms with Crippen LogP contribution in [0.4, 0.5) is 5.69 Å². The lowest BCUT2D eigenvalue weighted by molar-refractivity contribution is 0.233. The van der Waals surface area contributed by atoms with Crippen LogP contribution >= 0.6 is 0 Å². The summed E-state index contributed by atoms with van der Waals surface area (Å²) in [6.45, 7) is 5.51. The summed E-state index contributed by atoms with van der Waals surface area (Å²) >= 11 is 0. The molecule has 0 saturated heterocycles. The normalized spacial score (nSPS) is 18.0. The SMILES string of the molecule is CNC1(CCN(C)c2ccc(C)cc2C)CCCCC1. The molecule has 2 heteroatoms. The molecule has 0 heterocycles. The minimum atomic E-state index is 0.380. The molecule has 0 spiro atoms. The third-order valence-corrected chi connectivity index (χ3v) is 5.03. The van der Waals surface area contributed by atoms with Crippen LogP contribution in [0.1, 0.15) is 49.7 Å². The van der Waals surface area contributed by atoms with E-state index in [1.807, 2.05) is 0 Å². The molecule has 0 unspecified atom stereocenters. The van der Waals surface area contributed by atoms with Crippen molar-refractivity contribution >= 4 is 5.69 Å². The van der Waals surface area contributed by atoms with Crippen molar-refractivity contribution < 1.29 is 0 Å². The molecule has 0 amide bonds. The Labute approximate surface area is 124 Å². The van der Waals surface area contributed by atoms with Crippen LogP contribution in [0.5, 0.6) is 0 Å². The van der Waals surface area contributed by atoms with Gasteiger partial charge in [0.15, 0.2) is 0 Å². The summed E-state index contributed by atoms with van der Waals surface area (Å²) in [4.78, 5) is 2.42. The molecule has 1 saturated carbocycles. The van der Waals surface area contributed by atoms with Crippen molar-refractivity contribution in [3.05, 3.63) is 29.3 Å². The second kappa shape index (κ2) is 6.62. The summed E-state index contributed by atoms with van der Waals surface area (Å²) in [5.74, 6) is 0. The molecule has 0 radical (unpaired) electrons. The van der Waals surface area contributed by atoms with Gasteiger partial charge in [-0.15, -0.1) is 0 Å². The fourth-order valence-corrected chi connectivity index (χ4v) is 3.59. The van der Waals surface area contributed by atoms with E-state index in [1.54, 1.807) is 0 Å². The molecule has 1 aliphatic carbocycles. The van der Waals surface area contributed by atoms with Gasteiger partial charge >= 0.3 is 0 Å². The van der Waals surface area contributed by atoms with Crippen molar-refractivity contribution in [1.82, 2.24) is 5.32 Å². The molecule has 1 aromatic carbocycles. The van der Waals surface area contributed by atoms with Crippen LogP contribution in [0.15, 0.2) is 18.2 Å². The summed E-state index contributed by atoms with van der Waals surface area (Å²) in [7, 11) is 4.37. The van der Waals surface area contributed by atoms with Crippen LogP contribution in [0.25, 0.3) is 0 Å². The van der Waals surface area contributed by atoms with Gasteiger partial charge < -0.3 is 10.2 Å². The first-order chi connectivity index (χ1) is 9.56. The summed E-state index contributed by atoms with van der Waals surface area (Å²) in [6, 6.07) is 6.76. The number of benzene rings is 1. The van der Waals surface area contributed by atoms with Gasteiger partial charge in [0.1, 0.15) is 0 Å². The van der Waals surface area contributed by atoms with Crippen molar-refractivity contribution in [2.24, 2.45) is 0 Å². The van der Waals surface area contributed by atoms with E-state index in [0.717, 1.165) is 6.54 Å². The molecule has 20 heavy (non-hydrogen) atoms. The average Bonchev–Trinajstić information content (AvgIpc) is 2.46. The highest BCUT2D eigenvalue weighted by Crippen LogP contribution is 2.31. The lowest BCUT2D eigenvalue weighted by Gasteiger charge is -2.39. The van der Waals surface area contributed by atoms with Gasteiger partial charge in [0.2, 0.25) is 0 Å². The first-order valence-corrected chi connectivity index (χ1v) is 8.04. The standard InChI is InChI=1S/C18H30N2/c1-15-8-9-17(16(2)14-15)20(4)13-12-18(19-3)10-6-5-7-11-18/h8-9,14,19H,5-7,10-13H2,1-4H3. The maximum absolute atomic E-state index is 3.62. The van der Waals surface area contributed by atoms with Crippen molar-refractivity contribution in [2.75, 3.05) is 25.5 Å². The zero-order valence-corrected chi connectivity index (χ0v) is 13.6. The van der Waals surface area contributed by atoms with Gasteiger partial charge in [0, 0.05) is 24.8 Å². The van der Waals surface area contributed by atoms with E-state index in [9.17, 15) is 0 Å². The number of nitrogens with zero attached hydrogens (tertiary/aromatic N) is 1. The zero-order valence-electron chi connectivity index (χ0n) is 13.6. The molecule has 0 bridgehead atoms. The number of nitrogens with one attached hydrogen (secondary N) is 1. The van der Waals surface area contributed by atoms with Crippen molar-refractivity contribution in [3.63, 3.8) is 0 Å². The van der Waals surface area contributed by atoms with Gasteiger partial charge in [-0.3, -0.25) is 0 Å². The third-order valence-electron chi connectivity index (χ3n) is 5.03. The van der Waals surface area contributed by atoms with Crippen LogP contribution in [0, 0.1) is 13.8 Å². The molecule has 0 atom stereocenters. The van der Waals surface area contributed by atoms with Crippen LogP contribution < -0.4 is 10.2 Å². The van der Waals surface area contributed by atoms with E-state index in [-0.39, 0.29) is 0 Å². The molecule has 1 aromatic rings. The smallest absolute Gasteiger partial charge is 0.0393 e. The fraction of sp³-hybridized carbons (Fsp3) is 0.667. The molecule has 2 rings (SSSR count). The molecule has 2 nitrogen and oxygen atoms in total. The van der Waals surface area contributed by atoms with Gasteiger partial charge in [-0.25, -0.2) is 0 Å². The quantitative estimate of drug-likeness (QED) is 0.871. The molecular formula is C18H30N2.